The van der Waals surface area contributed by atoms with E-state index in [9.17, 15) is 0 Å². The second-order valence-electron chi connectivity index (χ2n) is 5.14. The average molecular weight is 280 g/mol. The van der Waals surface area contributed by atoms with Gasteiger partial charge in [-0.2, -0.15) is 0 Å². The SMILES string of the molecule is CCNC(c1cncc(OC(C)C)c1)C1COCCO1. The maximum atomic E-state index is 5.81. The molecule has 0 spiro atoms. The lowest BCUT2D eigenvalue weighted by atomic mass is 10.0. The van der Waals surface area contributed by atoms with E-state index in [2.05, 4.69) is 17.2 Å². The fourth-order valence-corrected chi connectivity index (χ4v) is 2.32. The topological polar surface area (TPSA) is 52.6 Å². The van der Waals surface area contributed by atoms with Gasteiger partial charge in [0.2, 0.25) is 0 Å². The smallest absolute Gasteiger partial charge is 0.138 e. The van der Waals surface area contributed by atoms with Gasteiger partial charge in [-0.15, -0.1) is 0 Å². The standard InChI is InChI=1S/C15H24N2O3/c1-4-17-15(14-10-18-5-6-19-14)12-7-13(9-16-8-12)20-11(2)3/h7-9,11,14-15,17H,4-6,10H2,1-3H3. The predicted molar refractivity (Wildman–Crippen MR) is 77.0 cm³/mol. The number of ether oxygens (including phenoxy) is 3. The molecular formula is C15H24N2O3. The van der Waals surface area contributed by atoms with E-state index >= 15 is 0 Å². The second-order valence-corrected chi connectivity index (χ2v) is 5.14. The Bertz CT molecular complexity index is 406. The van der Waals surface area contributed by atoms with E-state index in [1.807, 2.05) is 26.1 Å². The quantitative estimate of drug-likeness (QED) is 0.863. The summed E-state index contributed by atoms with van der Waals surface area (Å²) < 4.78 is 17.0. The van der Waals surface area contributed by atoms with E-state index in [-0.39, 0.29) is 18.2 Å². The van der Waals surface area contributed by atoms with Crippen molar-refractivity contribution in [2.75, 3.05) is 26.4 Å². The molecule has 0 bridgehead atoms. The monoisotopic (exact) mass is 280 g/mol. The minimum absolute atomic E-state index is 0.0137. The van der Waals surface area contributed by atoms with Crippen molar-refractivity contribution in [2.45, 2.75) is 39.0 Å². The summed E-state index contributed by atoms with van der Waals surface area (Å²) in [5.74, 6) is 0.789. The van der Waals surface area contributed by atoms with Crippen molar-refractivity contribution in [3.63, 3.8) is 0 Å². The van der Waals surface area contributed by atoms with Crippen molar-refractivity contribution in [1.82, 2.24) is 10.3 Å². The normalized spacial score (nSPS) is 20.9. The van der Waals surface area contributed by atoms with E-state index < -0.39 is 0 Å². The van der Waals surface area contributed by atoms with E-state index in [4.69, 9.17) is 14.2 Å². The molecule has 2 rings (SSSR count). The summed E-state index contributed by atoms with van der Waals surface area (Å²) in [6.45, 7) is 8.87. The lowest BCUT2D eigenvalue weighted by Crippen LogP contribution is -2.40. The molecule has 20 heavy (non-hydrogen) atoms. The molecule has 0 amide bonds. The number of pyridine rings is 1. The van der Waals surface area contributed by atoms with Crippen LogP contribution in [0.2, 0.25) is 0 Å². The Balaban J connectivity index is 2.15. The van der Waals surface area contributed by atoms with Crippen molar-refractivity contribution in [2.24, 2.45) is 0 Å². The van der Waals surface area contributed by atoms with Gasteiger partial charge in [0.15, 0.2) is 0 Å². The summed E-state index contributed by atoms with van der Waals surface area (Å²) in [5, 5.41) is 3.45. The van der Waals surface area contributed by atoms with Gasteiger partial charge >= 0.3 is 0 Å². The molecule has 2 atom stereocenters. The molecular weight excluding hydrogens is 256 g/mol. The number of likely N-dealkylation sites (N-methyl/N-ethyl adjacent to an activating group) is 1. The van der Waals surface area contributed by atoms with E-state index in [0.717, 1.165) is 17.9 Å². The van der Waals surface area contributed by atoms with Gasteiger partial charge < -0.3 is 19.5 Å². The van der Waals surface area contributed by atoms with Crippen molar-refractivity contribution >= 4 is 0 Å². The van der Waals surface area contributed by atoms with Crippen LogP contribution in [-0.4, -0.2) is 43.6 Å². The van der Waals surface area contributed by atoms with E-state index in [1.165, 1.54) is 0 Å². The molecule has 0 saturated carbocycles. The number of rotatable bonds is 6. The van der Waals surface area contributed by atoms with Gasteiger partial charge in [-0.3, -0.25) is 4.98 Å². The number of aromatic nitrogens is 1. The lowest BCUT2D eigenvalue weighted by molar-refractivity contribution is -0.102. The molecule has 1 aliphatic heterocycles. The molecule has 1 N–H and O–H groups in total. The first-order valence-electron chi connectivity index (χ1n) is 7.25. The van der Waals surface area contributed by atoms with E-state index in [1.54, 1.807) is 6.20 Å². The van der Waals surface area contributed by atoms with Crippen molar-refractivity contribution in [3.8, 4) is 5.75 Å². The Morgan fingerprint density at radius 2 is 2.25 bits per heavy atom. The maximum absolute atomic E-state index is 5.81. The Morgan fingerprint density at radius 1 is 1.40 bits per heavy atom. The van der Waals surface area contributed by atoms with Crippen LogP contribution in [0.5, 0.6) is 5.75 Å². The third-order valence-corrected chi connectivity index (χ3v) is 3.10. The van der Waals surface area contributed by atoms with Gasteiger partial charge in [0.1, 0.15) is 11.9 Å². The summed E-state index contributed by atoms with van der Waals surface area (Å²) in [5.41, 5.74) is 1.07. The first-order chi connectivity index (χ1) is 9.70. The molecule has 1 fully saturated rings. The van der Waals surface area contributed by atoms with Gasteiger partial charge in [-0.1, -0.05) is 6.92 Å². The highest BCUT2D eigenvalue weighted by molar-refractivity contribution is 5.27. The number of hydrogen-bond acceptors (Lipinski definition) is 5. The third-order valence-electron chi connectivity index (χ3n) is 3.10. The first kappa shape index (κ1) is 15.2. The van der Waals surface area contributed by atoms with Crippen molar-refractivity contribution in [1.29, 1.82) is 0 Å². The van der Waals surface area contributed by atoms with Gasteiger partial charge in [-0.25, -0.2) is 0 Å². The van der Waals surface area contributed by atoms with Crippen LogP contribution < -0.4 is 10.1 Å². The largest absolute Gasteiger partial charge is 0.489 e. The van der Waals surface area contributed by atoms with Gasteiger partial charge in [0.05, 0.1) is 38.2 Å². The van der Waals surface area contributed by atoms with Crippen LogP contribution in [0.3, 0.4) is 0 Å². The van der Waals surface area contributed by atoms with Crippen LogP contribution in [0.4, 0.5) is 0 Å². The minimum atomic E-state index is 0.0137. The molecule has 5 nitrogen and oxygen atoms in total. The highest BCUT2D eigenvalue weighted by atomic mass is 16.6. The summed E-state index contributed by atoms with van der Waals surface area (Å²) in [7, 11) is 0. The fraction of sp³-hybridized carbons (Fsp3) is 0.667. The maximum Gasteiger partial charge on any atom is 0.138 e. The summed E-state index contributed by atoms with van der Waals surface area (Å²) in [4.78, 5) is 4.27. The van der Waals surface area contributed by atoms with Crippen molar-refractivity contribution < 1.29 is 14.2 Å². The zero-order chi connectivity index (χ0) is 14.4. The van der Waals surface area contributed by atoms with Crippen LogP contribution in [-0.2, 0) is 9.47 Å². The molecule has 1 aromatic rings. The molecule has 0 aromatic carbocycles. The van der Waals surface area contributed by atoms with Crippen LogP contribution in [0.1, 0.15) is 32.4 Å². The predicted octanol–water partition coefficient (Wildman–Crippen LogP) is 1.93. The average Bonchev–Trinajstić information content (AvgIpc) is 2.45. The van der Waals surface area contributed by atoms with Crippen LogP contribution in [0.15, 0.2) is 18.5 Å². The van der Waals surface area contributed by atoms with Crippen LogP contribution in [0.25, 0.3) is 0 Å². The molecule has 0 aliphatic carbocycles. The minimum Gasteiger partial charge on any atom is -0.489 e. The molecule has 1 saturated heterocycles. The van der Waals surface area contributed by atoms with Gasteiger partial charge in [-0.05, 0) is 32.0 Å². The number of hydrogen-bond donors (Lipinski definition) is 1. The Kier molecular flexibility index (Phi) is 5.76. The fourth-order valence-electron chi connectivity index (χ4n) is 2.32. The van der Waals surface area contributed by atoms with Gasteiger partial charge in [0, 0.05) is 6.20 Å². The van der Waals surface area contributed by atoms with Crippen LogP contribution >= 0.6 is 0 Å². The lowest BCUT2D eigenvalue weighted by Gasteiger charge is -2.31. The molecule has 1 aromatic heterocycles. The summed E-state index contributed by atoms with van der Waals surface area (Å²) >= 11 is 0. The zero-order valence-corrected chi connectivity index (χ0v) is 12.5. The van der Waals surface area contributed by atoms with Gasteiger partial charge in [0.25, 0.3) is 0 Å². The molecule has 5 heteroatoms. The zero-order valence-electron chi connectivity index (χ0n) is 12.5. The van der Waals surface area contributed by atoms with Crippen LogP contribution in [0, 0.1) is 0 Å². The highest BCUT2D eigenvalue weighted by Gasteiger charge is 2.26. The third kappa shape index (κ3) is 4.16. The Morgan fingerprint density at radius 3 is 2.90 bits per heavy atom. The number of nitrogens with zero attached hydrogens (tertiary/aromatic N) is 1. The molecule has 1 aliphatic rings. The Hall–Kier alpha value is -1.17. The first-order valence-corrected chi connectivity index (χ1v) is 7.25. The molecule has 112 valence electrons. The molecule has 0 radical (unpaired) electrons. The summed E-state index contributed by atoms with van der Waals surface area (Å²) in [6.07, 6.45) is 3.75. The highest BCUT2D eigenvalue weighted by Crippen LogP contribution is 2.24. The van der Waals surface area contributed by atoms with E-state index in [0.29, 0.717) is 19.8 Å². The molecule has 2 unspecified atom stereocenters. The number of nitrogens with one attached hydrogen (secondary N) is 1. The second kappa shape index (κ2) is 7.57. The van der Waals surface area contributed by atoms with Crippen molar-refractivity contribution in [3.05, 3.63) is 24.0 Å². The molecule has 2 heterocycles. The summed E-state index contributed by atoms with van der Waals surface area (Å²) in [6, 6.07) is 2.10. The Labute approximate surface area is 120 Å².